The van der Waals surface area contributed by atoms with Crippen LogP contribution in [-0.4, -0.2) is 24.0 Å². The van der Waals surface area contributed by atoms with Crippen LogP contribution >= 0.6 is 46.1 Å². The van der Waals surface area contributed by atoms with Gasteiger partial charge in [-0.15, -0.1) is 11.3 Å². The molecule has 0 aliphatic carbocycles. The molecule has 9 heteroatoms. The summed E-state index contributed by atoms with van der Waals surface area (Å²) in [7, 11) is 1.57. The predicted octanol–water partition coefficient (Wildman–Crippen LogP) is 4.49. The molecule has 0 fully saturated rings. The number of carbonyl (C=O) groups is 2. The van der Waals surface area contributed by atoms with Crippen LogP contribution in [0.25, 0.3) is 0 Å². The molecule has 2 aromatic carbocycles. The van der Waals surface area contributed by atoms with Crippen molar-refractivity contribution in [3.8, 4) is 5.75 Å². The average molecular weight is 565 g/mol. The van der Waals surface area contributed by atoms with Crippen LogP contribution in [-0.2, 0) is 6.42 Å². The SMILES string of the molecule is COc1ccc(C(=O)NC(=S)Nc2sc(Cc3ccccc3)c(C)c2C(N)=O)cc1I. The van der Waals surface area contributed by atoms with E-state index in [0.717, 1.165) is 19.6 Å². The number of hydrogen-bond acceptors (Lipinski definition) is 5. The third kappa shape index (κ3) is 5.60. The quantitative estimate of drug-likeness (QED) is 0.303. The Labute approximate surface area is 203 Å². The molecule has 3 rings (SSSR count). The number of benzene rings is 2. The molecule has 2 amide bonds. The lowest BCUT2D eigenvalue weighted by Gasteiger charge is -2.10. The first-order valence-electron chi connectivity index (χ1n) is 9.22. The van der Waals surface area contributed by atoms with Gasteiger partial charge in [-0.1, -0.05) is 30.3 Å². The Morgan fingerprint density at radius 3 is 2.52 bits per heavy atom. The van der Waals surface area contributed by atoms with E-state index in [-0.39, 0.29) is 11.0 Å². The van der Waals surface area contributed by atoms with Crippen molar-refractivity contribution >= 4 is 68.1 Å². The molecule has 0 unspecified atom stereocenters. The fourth-order valence-corrected chi connectivity index (χ4v) is 5.26. The van der Waals surface area contributed by atoms with Gasteiger partial charge in [0.25, 0.3) is 11.8 Å². The summed E-state index contributed by atoms with van der Waals surface area (Å²) in [6.45, 7) is 1.86. The molecule has 6 nitrogen and oxygen atoms in total. The second-order valence-corrected chi connectivity index (χ2v) is 9.31. The summed E-state index contributed by atoms with van der Waals surface area (Å²) in [4.78, 5) is 25.6. The average Bonchev–Trinajstić information content (AvgIpc) is 3.03. The van der Waals surface area contributed by atoms with Crippen molar-refractivity contribution in [3.63, 3.8) is 0 Å². The summed E-state index contributed by atoms with van der Waals surface area (Å²) in [6.07, 6.45) is 0.669. The number of thiocarbonyl (C=S) groups is 1. The fourth-order valence-electron chi connectivity index (χ4n) is 3.01. The van der Waals surface area contributed by atoms with Gasteiger partial charge in [0, 0.05) is 16.9 Å². The Bertz CT molecular complexity index is 1150. The normalized spacial score (nSPS) is 10.4. The Morgan fingerprint density at radius 1 is 1.19 bits per heavy atom. The molecule has 0 radical (unpaired) electrons. The van der Waals surface area contributed by atoms with Crippen LogP contribution in [0.3, 0.4) is 0 Å². The van der Waals surface area contributed by atoms with E-state index in [1.54, 1.807) is 25.3 Å². The van der Waals surface area contributed by atoms with Crippen LogP contribution in [0.1, 0.15) is 36.7 Å². The molecule has 4 N–H and O–H groups in total. The highest BCUT2D eigenvalue weighted by atomic mass is 127. The van der Waals surface area contributed by atoms with Gasteiger partial charge in [-0.2, -0.15) is 0 Å². The Hall–Kier alpha value is -2.50. The van der Waals surface area contributed by atoms with Gasteiger partial charge < -0.3 is 15.8 Å². The molecular formula is C22H20IN3O3S2. The number of nitrogens with one attached hydrogen (secondary N) is 2. The van der Waals surface area contributed by atoms with E-state index in [2.05, 4.69) is 33.2 Å². The highest BCUT2D eigenvalue weighted by Crippen LogP contribution is 2.34. The first-order chi connectivity index (χ1) is 14.8. The number of carbonyl (C=O) groups excluding carboxylic acids is 2. The number of thiophene rings is 1. The Balaban J connectivity index is 1.77. The summed E-state index contributed by atoms with van der Waals surface area (Å²) in [5.74, 6) is -0.227. The molecule has 0 spiro atoms. The molecule has 31 heavy (non-hydrogen) atoms. The maximum absolute atomic E-state index is 12.6. The van der Waals surface area contributed by atoms with Crippen LogP contribution in [0, 0.1) is 10.5 Å². The molecule has 0 bridgehead atoms. The second kappa shape index (κ2) is 10.2. The van der Waals surface area contributed by atoms with E-state index in [1.165, 1.54) is 11.3 Å². The van der Waals surface area contributed by atoms with Gasteiger partial charge in [0.15, 0.2) is 5.11 Å². The van der Waals surface area contributed by atoms with E-state index in [1.807, 2.05) is 37.3 Å². The first kappa shape index (κ1) is 23.2. The summed E-state index contributed by atoms with van der Waals surface area (Å²) >= 11 is 8.80. The summed E-state index contributed by atoms with van der Waals surface area (Å²) < 4.78 is 6.02. The molecule has 0 atom stereocenters. The van der Waals surface area contributed by atoms with Crippen molar-refractivity contribution in [1.82, 2.24) is 5.32 Å². The second-order valence-electron chi connectivity index (χ2n) is 6.64. The van der Waals surface area contributed by atoms with Gasteiger partial charge in [-0.25, -0.2) is 0 Å². The zero-order chi connectivity index (χ0) is 22.5. The van der Waals surface area contributed by atoms with Gasteiger partial charge in [0.05, 0.1) is 16.2 Å². The van der Waals surface area contributed by atoms with Crippen molar-refractivity contribution < 1.29 is 14.3 Å². The van der Waals surface area contributed by atoms with E-state index < -0.39 is 5.91 Å². The first-order valence-corrected chi connectivity index (χ1v) is 11.5. The smallest absolute Gasteiger partial charge is 0.257 e. The maximum Gasteiger partial charge on any atom is 0.257 e. The lowest BCUT2D eigenvalue weighted by Crippen LogP contribution is -2.34. The number of hydrogen-bond donors (Lipinski definition) is 3. The van der Waals surface area contributed by atoms with Crippen LogP contribution in [0.2, 0.25) is 0 Å². The van der Waals surface area contributed by atoms with E-state index in [4.69, 9.17) is 22.7 Å². The predicted molar refractivity (Wildman–Crippen MR) is 136 cm³/mol. The van der Waals surface area contributed by atoms with Crippen molar-refractivity contribution in [3.05, 3.63) is 79.2 Å². The fraction of sp³-hybridized carbons (Fsp3) is 0.136. The zero-order valence-corrected chi connectivity index (χ0v) is 20.6. The van der Waals surface area contributed by atoms with Gasteiger partial charge in [-0.05, 0) is 71.1 Å². The molecule has 160 valence electrons. The topological polar surface area (TPSA) is 93.4 Å². The number of anilines is 1. The minimum Gasteiger partial charge on any atom is -0.496 e. The van der Waals surface area contributed by atoms with Crippen LogP contribution in [0.5, 0.6) is 5.75 Å². The van der Waals surface area contributed by atoms with Crippen molar-refractivity contribution in [2.75, 3.05) is 12.4 Å². The molecule has 0 saturated carbocycles. The summed E-state index contributed by atoms with van der Waals surface area (Å²) in [5, 5.41) is 6.22. The number of halogens is 1. The van der Waals surface area contributed by atoms with Crippen molar-refractivity contribution in [2.45, 2.75) is 13.3 Å². The number of rotatable bonds is 6. The van der Waals surface area contributed by atoms with Gasteiger partial charge in [0.2, 0.25) is 0 Å². The van der Waals surface area contributed by atoms with E-state index in [9.17, 15) is 9.59 Å². The zero-order valence-electron chi connectivity index (χ0n) is 16.8. The number of nitrogens with two attached hydrogens (primary N) is 1. The lowest BCUT2D eigenvalue weighted by atomic mass is 10.1. The minimum absolute atomic E-state index is 0.0887. The third-order valence-electron chi connectivity index (χ3n) is 4.57. The van der Waals surface area contributed by atoms with Crippen LogP contribution < -0.4 is 21.1 Å². The number of methoxy groups -OCH3 is 1. The maximum atomic E-state index is 12.6. The minimum atomic E-state index is -0.547. The highest BCUT2D eigenvalue weighted by molar-refractivity contribution is 14.1. The molecule has 0 aliphatic heterocycles. The van der Waals surface area contributed by atoms with Gasteiger partial charge in [-0.3, -0.25) is 14.9 Å². The summed E-state index contributed by atoms with van der Waals surface area (Å²) in [5.41, 5.74) is 8.37. The van der Waals surface area contributed by atoms with Gasteiger partial charge >= 0.3 is 0 Å². The molecule has 1 aromatic heterocycles. The standard InChI is InChI=1S/C22H20IN3O3S2/c1-12-17(10-13-6-4-3-5-7-13)31-21(18(12)19(24)27)26-22(30)25-20(28)14-8-9-16(29-2)15(23)11-14/h3-9,11H,10H2,1-2H3,(H2,24,27)(H2,25,26,28,30). The molecular weight excluding hydrogens is 545 g/mol. The lowest BCUT2D eigenvalue weighted by molar-refractivity contribution is 0.0975. The number of amides is 2. The van der Waals surface area contributed by atoms with Crippen LogP contribution in [0.4, 0.5) is 5.00 Å². The summed E-state index contributed by atoms with van der Waals surface area (Å²) in [6, 6.07) is 15.0. The number of primary amides is 1. The van der Waals surface area contributed by atoms with Crippen LogP contribution in [0.15, 0.2) is 48.5 Å². The van der Waals surface area contributed by atoms with Crippen molar-refractivity contribution in [1.29, 1.82) is 0 Å². The molecule has 1 heterocycles. The highest BCUT2D eigenvalue weighted by Gasteiger charge is 2.21. The van der Waals surface area contributed by atoms with Crippen molar-refractivity contribution in [2.24, 2.45) is 5.73 Å². The Morgan fingerprint density at radius 2 is 1.90 bits per heavy atom. The third-order valence-corrected chi connectivity index (χ3v) is 6.82. The number of ether oxygens (including phenoxy) is 1. The monoisotopic (exact) mass is 565 g/mol. The largest absolute Gasteiger partial charge is 0.496 e. The molecule has 3 aromatic rings. The molecule has 0 saturated heterocycles. The van der Waals surface area contributed by atoms with E-state index in [0.29, 0.717) is 28.3 Å². The Kier molecular flexibility index (Phi) is 7.63. The van der Waals surface area contributed by atoms with E-state index >= 15 is 0 Å². The van der Waals surface area contributed by atoms with Gasteiger partial charge in [0.1, 0.15) is 10.8 Å². The molecule has 0 aliphatic rings.